The van der Waals surface area contributed by atoms with E-state index in [2.05, 4.69) is 42.4 Å². The number of piperazine rings is 1. The number of hydrogen-bond donors (Lipinski definition) is 0. The van der Waals surface area contributed by atoms with Crippen molar-refractivity contribution in [3.8, 4) is 0 Å². The lowest BCUT2D eigenvalue weighted by atomic mass is 9.69. The van der Waals surface area contributed by atoms with Gasteiger partial charge in [-0.25, -0.2) is 0 Å². The Kier molecular flexibility index (Phi) is 6.10. The van der Waals surface area contributed by atoms with Gasteiger partial charge in [-0.15, -0.1) is 0 Å². The monoisotopic (exact) mass is 349 g/mol. The van der Waals surface area contributed by atoms with Crippen LogP contribution in [0.15, 0.2) is 0 Å². The van der Waals surface area contributed by atoms with Crippen LogP contribution in [-0.4, -0.2) is 72.5 Å². The highest BCUT2D eigenvalue weighted by atomic mass is 16.2. The average molecular weight is 350 g/mol. The van der Waals surface area contributed by atoms with Crippen molar-refractivity contribution in [2.24, 2.45) is 17.3 Å². The summed E-state index contributed by atoms with van der Waals surface area (Å²) in [7, 11) is 0. The van der Waals surface area contributed by atoms with E-state index in [-0.39, 0.29) is 0 Å². The van der Waals surface area contributed by atoms with Gasteiger partial charge >= 0.3 is 0 Å². The second kappa shape index (κ2) is 7.96. The molecule has 0 aromatic carbocycles. The number of likely N-dealkylation sites (N-methyl/N-ethyl adjacent to an activating group) is 1. The lowest BCUT2D eigenvalue weighted by Crippen LogP contribution is -2.51. The molecule has 0 aromatic rings. The maximum Gasteiger partial charge on any atom is 0.225 e. The number of rotatable bonds is 3. The molecule has 1 aliphatic carbocycles. The number of amides is 1. The third-order valence-electron chi connectivity index (χ3n) is 7.15. The van der Waals surface area contributed by atoms with Crippen molar-refractivity contribution < 1.29 is 4.79 Å². The first-order chi connectivity index (χ1) is 11.9. The molecule has 0 radical (unpaired) electrons. The molecule has 2 heterocycles. The number of carbonyl (C=O) groups is 1. The molecule has 1 amide bonds. The maximum atomic E-state index is 13.0. The number of carbonyl (C=O) groups excluding carboxylic acids is 1. The lowest BCUT2D eigenvalue weighted by Gasteiger charge is -2.38. The van der Waals surface area contributed by atoms with E-state index in [1.54, 1.807) is 0 Å². The quantitative estimate of drug-likeness (QED) is 0.783. The molecule has 2 saturated heterocycles. The lowest BCUT2D eigenvalue weighted by molar-refractivity contribution is -0.136. The van der Waals surface area contributed by atoms with Crippen molar-refractivity contribution in [3.05, 3.63) is 0 Å². The van der Waals surface area contributed by atoms with E-state index in [1.165, 1.54) is 52.0 Å². The molecule has 4 heteroatoms. The molecule has 2 aliphatic heterocycles. The SMILES string of the molecule is CCN1CCN(C2CCN(C(=O)C3CCC(C(C)(C)C)CC3)C2)CC1. The van der Waals surface area contributed by atoms with Gasteiger partial charge in [0.25, 0.3) is 0 Å². The van der Waals surface area contributed by atoms with Crippen molar-refractivity contribution in [3.63, 3.8) is 0 Å². The van der Waals surface area contributed by atoms with Gasteiger partial charge in [0, 0.05) is 51.2 Å². The van der Waals surface area contributed by atoms with Crippen LogP contribution in [0.1, 0.15) is 59.8 Å². The van der Waals surface area contributed by atoms with Crippen molar-refractivity contribution in [1.82, 2.24) is 14.7 Å². The molecule has 3 aliphatic rings. The summed E-state index contributed by atoms with van der Waals surface area (Å²) in [5.74, 6) is 1.55. The van der Waals surface area contributed by atoms with Gasteiger partial charge in [0.1, 0.15) is 0 Å². The zero-order valence-electron chi connectivity index (χ0n) is 17.0. The highest BCUT2D eigenvalue weighted by molar-refractivity contribution is 5.79. The summed E-state index contributed by atoms with van der Waals surface area (Å²) >= 11 is 0. The van der Waals surface area contributed by atoms with Crippen LogP contribution in [0.3, 0.4) is 0 Å². The van der Waals surface area contributed by atoms with Crippen molar-refractivity contribution in [2.75, 3.05) is 45.8 Å². The van der Waals surface area contributed by atoms with Crippen molar-refractivity contribution >= 4 is 5.91 Å². The van der Waals surface area contributed by atoms with Crippen molar-refractivity contribution in [1.29, 1.82) is 0 Å². The van der Waals surface area contributed by atoms with Crippen LogP contribution in [0.4, 0.5) is 0 Å². The Labute approximate surface area is 154 Å². The first kappa shape index (κ1) is 19.2. The Morgan fingerprint density at radius 1 is 0.920 bits per heavy atom. The van der Waals surface area contributed by atoms with Crippen LogP contribution in [0, 0.1) is 17.3 Å². The fraction of sp³-hybridized carbons (Fsp3) is 0.952. The summed E-state index contributed by atoms with van der Waals surface area (Å²) in [6, 6.07) is 0.605. The third-order valence-corrected chi connectivity index (χ3v) is 7.15. The van der Waals surface area contributed by atoms with E-state index >= 15 is 0 Å². The molecule has 25 heavy (non-hydrogen) atoms. The average Bonchev–Trinajstić information content (AvgIpc) is 3.10. The number of likely N-dealkylation sites (tertiary alicyclic amines) is 1. The zero-order valence-corrected chi connectivity index (χ0v) is 17.0. The van der Waals surface area contributed by atoms with Crippen LogP contribution in [0.5, 0.6) is 0 Å². The van der Waals surface area contributed by atoms with E-state index in [0.717, 1.165) is 31.8 Å². The fourth-order valence-corrected chi connectivity index (χ4v) is 5.15. The van der Waals surface area contributed by atoms with E-state index < -0.39 is 0 Å². The minimum Gasteiger partial charge on any atom is -0.341 e. The Balaban J connectivity index is 1.45. The highest BCUT2D eigenvalue weighted by Gasteiger charge is 2.37. The summed E-state index contributed by atoms with van der Waals surface area (Å²) in [6.07, 6.45) is 5.86. The first-order valence-corrected chi connectivity index (χ1v) is 10.6. The van der Waals surface area contributed by atoms with Gasteiger partial charge < -0.3 is 9.80 Å². The van der Waals surface area contributed by atoms with Crippen LogP contribution in [-0.2, 0) is 4.79 Å². The summed E-state index contributed by atoms with van der Waals surface area (Å²) in [5, 5.41) is 0. The van der Waals surface area contributed by atoms with E-state index in [1.807, 2.05) is 0 Å². The van der Waals surface area contributed by atoms with Gasteiger partial charge in [-0.1, -0.05) is 27.7 Å². The zero-order chi connectivity index (χ0) is 18.0. The van der Waals surface area contributed by atoms with Crippen LogP contribution < -0.4 is 0 Å². The maximum absolute atomic E-state index is 13.0. The summed E-state index contributed by atoms with van der Waals surface area (Å²) in [4.78, 5) is 20.3. The predicted molar refractivity (Wildman–Crippen MR) is 104 cm³/mol. The molecule has 1 atom stereocenters. The number of hydrogen-bond acceptors (Lipinski definition) is 3. The second-order valence-corrected chi connectivity index (χ2v) is 9.61. The topological polar surface area (TPSA) is 26.8 Å². The Bertz CT molecular complexity index is 443. The van der Waals surface area contributed by atoms with Gasteiger partial charge in [-0.2, -0.15) is 0 Å². The summed E-state index contributed by atoms with van der Waals surface area (Å²) in [6.45, 7) is 17.2. The molecule has 1 saturated carbocycles. The molecule has 0 spiro atoms. The standard InChI is InChI=1S/C21H39N3O/c1-5-22-12-14-23(15-13-22)19-10-11-24(16-19)20(25)17-6-8-18(9-7-17)21(2,3)4/h17-19H,5-16H2,1-4H3. The first-order valence-electron chi connectivity index (χ1n) is 10.6. The Hall–Kier alpha value is -0.610. The normalized spacial score (nSPS) is 33.0. The van der Waals surface area contributed by atoms with Crippen LogP contribution in [0.2, 0.25) is 0 Å². The smallest absolute Gasteiger partial charge is 0.225 e. The molecule has 3 fully saturated rings. The minimum absolute atomic E-state index is 0.300. The molecule has 0 bridgehead atoms. The molecule has 0 N–H and O–H groups in total. The minimum atomic E-state index is 0.300. The molecule has 0 aromatic heterocycles. The van der Waals surface area contributed by atoms with E-state index in [9.17, 15) is 4.79 Å². The summed E-state index contributed by atoms with van der Waals surface area (Å²) < 4.78 is 0. The number of nitrogens with zero attached hydrogens (tertiary/aromatic N) is 3. The van der Waals surface area contributed by atoms with Gasteiger partial charge in [0.15, 0.2) is 0 Å². The van der Waals surface area contributed by atoms with E-state index in [4.69, 9.17) is 0 Å². The van der Waals surface area contributed by atoms with Crippen molar-refractivity contribution in [2.45, 2.75) is 65.8 Å². The fourth-order valence-electron chi connectivity index (χ4n) is 5.15. The van der Waals surface area contributed by atoms with Crippen LogP contribution >= 0.6 is 0 Å². The second-order valence-electron chi connectivity index (χ2n) is 9.61. The predicted octanol–water partition coefficient (Wildman–Crippen LogP) is 3.08. The highest BCUT2D eigenvalue weighted by Crippen LogP contribution is 2.40. The largest absolute Gasteiger partial charge is 0.341 e. The molecule has 1 unspecified atom stereocenters. The van der Waals surface area contributed by atoms with Gasteiger partial charge in [0.05, 0.1) is 0 Å². The molecule has 4 nitrogen and oxygen atoms in total. The Morgan fingerprint density at radius 3 is 2.12 bits per heavy atom. The van der Waals surface area contributed by atoms with Gasteiger partial charge in [-0.05, 0) is 50.0 Å². The molecular formula is C21H39N3O. The van der Waals surface area contributed by atoms with Gasteiger partial charge in [0.2, 0.25) is 5.91 Å². The Morgan fingerprint density at radius 2 is 1.56 bits per heavy atom. The molecular weight excluding hydrogens is 310 g/mol. The molecule has 3 rings (SSSR count). The van der Waals surface area contributed by atoms with Gasteiger partial charge in [-0.3, -0.25) is 9.69 Å². The van der Waals surface area contributed by atoms with Crippen LogP contribution in [0.25, 0.3) is 0 Å². The molecule has 144 valence electrons. The third kappa shape index (κ3) is 4.57. The van der Waals surface area contributed by atoms with E-state index in [0.29, 0.717) is 23.3 Å². The summed E-state index contributed by atoms with van der Waals surface area (Å²) in [5.41, 5.74) is 0.396.